The van der Waals surface area contributed by atoms with Crippen LogP contribution in [0.5, 0.6) is 5.75 Å². The van der Waals surface area contributed by atoms with Crippen molar-refractivity contribution in [2.45, 2.75) is 25.5 Å². The van der Waals surface area contributed by atoms with Gasteiger partial charge in [-0.1, -0.05) is 18.5 Å². The van der Waals surface area contributed by atoms with E-state index in [1.807, 2.05) is 0 Å². The molecule has 0 radical (unpaired) electrons. The van der Waals surface area contributed by atoms with Gasteiger partial charge in [-0.2, -0.15) is 0 Å². The molecule has 1 aromatic rings. The first-order valence-corrected chi connectivity index (χ1v) is 7.88. The lowest BCUT2D eigenvalue weighted by molar-refractivity contribution is -0.115. The van der Waals surface area contributed by atoms with Gasteiger partial charge in [0.2, 0.25) is 5.91 Å². The lowest BCUT2D eigenvalue weighted by Gasteiger charge is -2.13. The number of phenolic OH excluding ortho intramolecular Hbond substituents is 1. The second kappa shape index (κ2) is 6.25. The molecule has 0 aliphatic heterocycles. The summed E-state index contributed by atoms with van der Waals surface area (Å²) in [6.45, 7) is 3.05. The lowest BCUT2D eigenvalue weighted by atomic mass is 10.3. The van der Waals surface area contributed by atoms with Crippen LogP contribution in [0.15, 0.2) is 18.2 Å². The summed E-state index contributed by atoms with van der Waals surface area (Å²) in [5.41, 5.74) is 0.0936. The number of nitrogens with one attached hydrogen (secondary N) is 1. The number of amides is 1. The number of carbonyl (C=O) groups is 1. The van der Waals surface area contributed by atoms with E-state index in [4.69, 9.17) is 11.6 Å². The Morgan fingerprint density at radius 2 is 2.11 bits per heavy atom. The van der Waals surface area contributed by atoms with Crippen LogP contribution >= 0.6 is 11.6 Å². The molecule has 0 aliphatic carbocycles. The fourth-order valence-electron chi connectivity index (χ4n) is 1.47. The molecule has 0 bridgehead atoms. The number of anilines is 1. The maximum absolute atomic E-state index is 11.9. The quantitative estimate of drug-likeness (QED) is 0.817. The van der Waals surface area contributed by atoms with E-state index in [0.717, 1.165) is 0 Å². The van der Waals surface area contributed by atoms with Gasteiger partial charge in [0.05, 0.1) is 11.4 Å². The molecule has 7 heteroatoms. The normalized spacial score (nSPS) is 13.0. The topological polar surface area (TPSA) is 83.5 Å². The average molecular weight is 306 g/mol. The molecule has 0 saturated heterocycles. The summed E-state index contributed by atoms with van der Waals surface area (Å²) in [6, 6.07) is 4.14. The molecule has 0 saturated carbocycles. The van der Waals surface area contributed by atoms with E-state index in [-0.39, 0.29) is 17.2 Å². The SMILES string of the molecule is CCCS(=O)(=O)[C@@H](C)C(=O)Nc1cc(Cl)ccc1O. The van der Waals surface area contributed by atoms with Gasteiger partial charge in [0.1, 0.15) is 11.0 Å². The van der Waals surface area contributed by atoms with Gasteiger partial charge in [0.15, 0.2) is 9.84 Å². The predicted octanol–water partition coefficient (Wildman–Crippen LogP) is 2.20. The third kappa shape index (κ3) is 4.11. The molecule has 1 rings (SSSR count). The highest BCUT2D eigenvalue weighted by atomic mass is 35.5. The van der Waals surface area contributed by atoms with Gasteiger partial charge in [-0.3, -0.25) is 4.79 Å². The third-order valence-corrected chi connectivity index (χ3v) is 5.12. The van der Waals surface area contributed by atoms with Crippen LogP contribution in [-0.2, 0) is 14.6 Å². The fraction of sp³-hybridized carbons (Fsp3) is 0.417. The summed E-state index contributed by atoms with van der Waals surface area (Å²) in [7, 11) is -3.48. The molecule has 0 aromatic heterocycles. The van der Waals surface area contributed by atoms with Crippen molar-refractivity contribution in [3.05, 3.63) is 23.2 Å². The van der Waals surface area contributed by atoms with Gasteiger partial charge in [-0.25, -0.2) is 8.42 Å². The molecule has 1 atom stereocenters. The largest absolute Gasteiger partial charge is 0.506 e. The van der Waals surface area contributed by atoms with Crippen LogP contribution < -0.4 is 5.32 Å². The smallest absolute Gasteiger partial charge is 0.242 e. The fourth-order valence-corrected chi connectivity index (χ4v) is 2.95. The minimum absolute atomic E-state index is 0.0525. The van der Waals surface area contributed by atoms with E-state index in [1.54, 1.807) is 6.92 Å². The standard InChI is InChI=1S/C12H16ClNO4S/c1-3-6-19(17,18)8(2)12(16)14-10-7-9(13)4-5-11(10)15/h4-5,7-8,15H,3,6H2,1-2H3,(H,14,16)/t8-/m0/s1. The minimum atomic E-state index is -3.48. The van der Waals surface area contributed by atoms with E-state index < -0.39 is 21.0 Å². The number of aromatic hydroxyl groups is 1. The number of carbonyl (C=O) groups excluding carboxylic acids is 1. The van der Waals surface area contributed by atoms with Crippen molar-refractivity contribution in [2.24, 2.45) is 0 Å². The molecule has 19 heavy (non-hydrogen) atoms. The molecule has 0 spiro atoms. The van der Waals surface area contributed by atoms with Crippen LogP contribution in [0.1, 0.15) is 20.3 Å². The highest BCUT2D eigenvalue weighted by Crippen LogP contribution is 2.26. The van der Waals surface area contributed by atoms with Crippen molar-refractivity contribution < 1.29 is 18.3 Å². The van der Waals surface area contributed by atoms with Gasteiger partial charge in [0.25, 0.3) is 0 Å². The number of hydrogen-bond acceptors (Lipinski definition) is 4. The number of hydrogen-bond donors (Lipinski definition) is 2. The summed E-state index contributed by atoms with van der Waals surface area (Å²) in [5.74, 6) is -0.910. The second-order valence-electron chi connectivity index (χ2n) is 4.16. The van der Waals surface area contributed by atoms with Crippen molar-refractivity contribution in [3.63, 3.8) is 0 Å². The van der Waals surface area contributed by atoms with Crippen LogP contribution in [0.3, 0.4) is 0 Å². The molecule has 106 valence electrons. The van der Waals surface area contributed by atoms with Crippen LogP contribution in [0.2, 0.25) is 5.02 Å². The van der Waals surface area contributed by atoms with Crippen LogP contribution in [0.25, 0.3) is 0 Å². The summed E-state index contributed by atoms with van der Waals surface area (Å²) >= 11 is 5.74. The Morgan fingerprint density at radius 1 is 1.47 bits per heavy atom. The van der Waals surface area contributed by atoms with Crippen LogP contribution in [-0.4, -0.2) is 30.4 Å². The highest BCUT2D eigenvalue weighted by Gasteiger charge is 2.27. The summed E-state index contributed by atoms with van der Waals surface area (Å²) in [4.78, 5) is 11.9. The van der Waals surface area contributed by atoms with Gasteiger partial charge >= 0.3 is 0 Å². The molecule has 1 aromatic carbocycles. The predicted molar refractivity (Wildman–Crippen MR) is 75.3 cm³/mol. The molecule has 5 nitrogen and oxygen atoms in total. The Balaban J connectivity index is 2.88. The van der Waals surface area contributed by atoms with Crippen molar-refractivity contribution in [3.8, 4) is 5.75 Å². The third-order valence-electron chi connectivity index (χ3n) is 2.61. The molecule has 0 unspecified atom stereocenters. The zero-order chi connectivity index (χ0) is 14.6. The Hall–Kier alpha value is -1.27. The van der Waals surface area contributed by atoms with E-state index in [0.29, 0.717) is 11.4 Å². The van der Waals surface area contributed by atoms with E-state index in [1.165, 1.54) is 25.1 Å². The van der Waals surface area contributed by atoms with Gasteiger partial charge < -0.3 is 10.4 Å². The Kier molecular flexibility index (Phi) is 5.20. The number of halogens is 1. The first kappa shape index (κ1) is 15.8. The number of sulfone groups is 1. The van der Waals surface area contributed by atoms with Crippen molar-refractivity contribution >= 4 is 33.0 Å². The number of phenols is 1. The van der Waals surface area contributed by atoms with Crippen molar-refractivity contribution in [2.75, 3.05) is 11.1 Å². The maximum Gasteiger partial charge on any atom is 0.242 e. The monoisotopic (exact) mass is 305 g/mol. The molecule has 0 heterocycles. The summed E-state index contributed by atoms with van der Waals surface area (Å²) < 4.78 is 23.5. The summed E-state index contributed by atoms with van der Waals surface area (Å²) in [5, 5.41) is 11.1. The second-order valence-corrected chi connectivity index (χ2v) is 7.04. The zero-order valence-electron chi connectivity index (χ0n) is 10.7. The molecular formula is C12H16ClNO4S. The number of benzene rings is 1. The Labute approximate surface area is 117 Å². The molecule has 2 N–H and O–H groups in total. The van der Waals surface area contributed by atoms with E-state index >= 15 is 0 Å². The minimum Gasteiger partial charge on any atom is -0.506 e. The Bertz CT molecular complexity index is 571. The molecule has 0 fully saturated rings. The average Bonchev–Trinajstić information content (AvgIpc) is 2.32. The maximum atomic E-state index is 11.9. The number of rotatable bonds is 5. The zero-order valence-corrected chi connectivity index (χ0v) is 12.3. The first-order valence-electron chi connectivity index (χ1n) is 5.79. The summed E-state index contributed by atoms with van der Waals surface area (Å²) in [6.07, 6.45) is 0.447. The molecule has 1 amide bonds. The van der Waals surface area contributed by atoms with Gasteiger partial charge in [0, 0.05) is 5.02 Å². The van der Waals surface area contributed by atoms with Gasteiger partial charge in [-0.05, 0) is 31.5 Å². The van der Waals surface area contributed by atoms with Crippen molar-refractivity contribution in [1.82, 2.24) is 0 Å². The van der Waals surface area contributed by atoms with Crippen molar-refractivity contribution in [1.29, 1.82) is 0 Å². The van der Waals surface area contributed by atoms with Crippen LogP contribution in [0.4, 0.5) is 5.69 Å². The van der Waals surface area contributed by atoms with Crippen LogP contribution in [0, 0.1) is 0 Å². The molecule has 0 aliphatic rings. The van der Waals surface area contributed by atoms with E-state index in [2.05, 4.69) is 5.32 Å². The van der Waals surface area contributed by atoms with Gasteiger partial charge in [-0.15, -0.1) is 0 Å². The lowest BCUT2D eigenvalue weighted by Crippen LogP contribution is -2.34. The van der Waals surface area contributed by atoms with E-state index in [9.17, 15) is 18.3 Å². The first-order chi connectivity index (χ1) is 8.77. The Morgan fingerprint density at radius 3 is 2.68 bits per heavy atom. The molecular weight excluding hydrogens is 290 g/mol. The highest BCUT2D eigenvalue weighted by molar-refractivity contribution is 7.92.